The largest absolute Gasteiger partial charge is 0.481 e. The highest BCUT2D eigenvalue weighted by molar-refractivity contribution is 9.10. The van der Waals surface area contributed by atoms with Gasteiger partial charge in [0.25, 0.3) is 11.1 Å². The van der Waals surface area contributed by atoms with Gasteiger partial charge in [0.15, 0.2) is 43.2 Å². The van der Waals surface area contributed by atoms with Gasteiger partial charge in [0.05, 0.1) is 96.6 Å². The van der Waals surface area contributed by atoms with Crippen molar-refractivity contribution in [3.8, 4) is 17.6 Å². The number of halogens is 1. The summed E-state index contributed by atoms with van der Waals surface area (Å²) in [5.41, 5.74) is 28.7. The lowest BCUT2D eigenvalue weighted by molar-refractivity contribution is 0.0552. The van der Waals surface area contributed by atoms with Gasteiger partial charge >= 0.3 is 12.2 Å². The highest BCUT2D eigenvalue weighted by atomic mass is 79.9. The van der Waals surface area contributed by atoms with E-state index in [1.54, 1.807) is 90.1 Å². The number of Topliss-reactive ketones (excluding diaryl/α,β-unsaturated/α-hetero) is 3. The number of alkyl carbamates (subject to hydrolysis) is 2. The Balaban J connectivity index is 0.000000177. The molecule has 0 saturated carbocycles. The molecule has 13 rings (SSSR count). The van der Waals surface area contributed by atoms with E-state index in [0.717, 1.165) is 97.4 Å². The van der Waals surface area contributed by atoms with Crippen LogP contribution in [0.4, 0.5) is 15.3 Å². The summed E-state index contributed by atoms with van der Waals surface area (Å²) < 4.78 is 29.1. The summed E-state index contributed by atoms with van der Waals surface area (Å²) in [7, 11) is 6.41. The maximum atomic E-state index is 12.7. The van der Waals surface area contributed by atoms with E-state index in [4.69, 9.17) is 56.6 Å². The van der Waals surface area contributed by atoms with E-state index in [1.165, 1.54) is 82.0 Å². The Hall–Kier alpha value is -10.7. The lowest BCUT2D eigenvalue weighted by atomic mass is 9.89. The van der Waals surface area contributed by atoms with Crippen LogP contribution in [0.3, 0.4) is 0 Å². The number of carbonyl (C=O) groups is 5. The first kappa shape index (κ1) is 98.1. The van der Waals surface area contributed by atoms with Gasteiger partial charge in [0.2, 0.25) is 17.6 Å². The molecule has 11 N–H and O–H groups in total. The minimum Gasteiger partial charge on any atom is -0.481 e. The number of ether oxygens (including phenoxy) is 5. The molecule has 5 aliphatic rings. The number of ketones is 3. The van der Waals surface area contributed by atoms with Gasteiger partial charge in [-0.2, -0.15) is 0 Å². The Kier molecular flexibility index (Phi) is 33.4. The number of aromatic amines is 1. The first-order valence-electron chi connectivity index (χ1n) is 39.6. The van der Waals surface area contributed by atoms with Crippen LogP contribution in [0.25, 0.3) is 0 Å². The number of thioether (sulfide) groups is 5. The van der Waals surface area contributed by atoms with Gasteiger partial charge in [-0.25, -0.2) is 39.5 Å². The first-order chi connectivity index (χ1) is 58.8. The molecule has 5 atom stereocenters. The minimum atomic E-state index is -0.675. The molecule has 0 fully saturated rings. The van der Waals surface area contributed by atoms with E-state index >= 15 is 0 Å². The van der Waals surface area contributed by atoms with Crippen molar-refractivity contribution >= 4 is 136 Å². The molecule has 0 aliphatic carbocycles. The summed E-state index contributed by atoms with van der Waals surface area (Å²) in [5.74, 6) is 5.20. The van der Waals surface area contributed by atoms with Crippen LogP contribution in [-0.4, -0.2) is 171 Å². The van der Waals surface area contributed by atoms with Crippen molar-refractivity contribution in [3.63, 3.8) is 0 Å². The standard InChI is InChI=1S/2C18H21N5O2S.C17H19N5O2S.C16H22BrN3O3S.C16H24N4O3S/c1-11-8-21-14(9-20-11)15(24)7-12-6-13(16(25)23(3)10-12)18(2)4-5-26-17(19)22-18;1-11-8-21-14(10-20-11)15(24)7-12-6-13(16(25-3)22-9-12)18(2)4-5-26-17(19)23-18;1-10-7-20-13(9-19-10)14(23)6-11-5-12(15(24)21-8-11)17(2)3-4-25-16(18)22-17;2*1-15(2,3)23-14(21)19-13-20-16(4,6-7-24-13)11-8-10(17)9-18-12(11)22-5/h6,8-10H,4-5,7H2,1-3H3,(H2,19,22);6,8-10H,4-5,7H2,1-3H3,(H2,19,23);5,7-9H,3-4,6H2,1-2H3,(H2,18,22)(H,21,24);8-9H,6-7H2,1-5H3,(H,19,20,21);8-9H,6-7,17H2,1-5H3,(H,19,20,21)/t2*18-;17-;2*16-/m00000/s1. The van der Waals surface area contributed by atoms with Gasteiger partial charge in [-0.15, -0.1) is 0 Å². The molecule has 0 saturated heterocycles. The number of aromatic nitrogens is 11. The first-order valence-corrected chi connectivity index (χ1v) is 45.4. The second kappa shape index (κ2) is 42.5. The van der Waals surface area contributed by atoms with Crippen molar-refractivity contribution in [2.24, 2.45) is 49.2 Å². The summed E-state index contributed by atoms with van der Waals surface area (Å²) in [4.78, 5) is 150. The van der Waals surface area contributed by atoms with Gasteiger partial charge in [-0.1, -0.05) is 58.8 Å². The van der Waals surface area contributed by atoms with Gasteiger partial charge in [-0.3, -0.25) is 74.5 Å². The molecule has 666 valence electrons. The predicted molar refractivity (Wildman–Crippen MR) is 498 cm³/mol. The Morgan fingerprint density at radius 1 is 0.448 bits per heavy atom. The lowest BCUT2D eigenvalue weighted by Crippen LogP contribution is -2.38. The number of nitrogens with zero attached hydrogens (tertiary/aromatic N) is 15. The van der Waals surface area contributed by atoms with Crippen LogP contribution in [0.15, 0.2) is 138 Å². The van der Waals surface area contributed by atoms with Crippen LogP contribution in [0, 0.1) is 20.8 Å². The fourth-order valence-electron chi connectivity index (χ4n) is 13.1. The fraction of sp³-hybridized carbons (Fsp3) is 0.447. The molecule has 0 bridgehead atoms. The van der Waals surface area contributed by atoms with Crippen molar-refractivity contribution in [3.05, 3.63) is 202 Å². The average Bonchev–Trinajstić information content (AvgIpc) is 0.724. The molecule has 34 nitrogen and oxygen atoms in total. The molecule has 2 amide bonds. The third-order valence-corrected chi connectivity index (χ3v) is 24.3. The third kappa shape index (κ3) is 27.7. The summed E-state index contributed by atoms with van der Waals surface area (Å²) in [6.07, 6.45) is 20.5. The maximum Gasteiger partial charge on any atom is 0.413 e. The zero-order valence-electron chi connectivity index (χ0n) is 73.3. The summed E-state index contributed by atoms with van der Waals surface area (Å²) >= 11 is 10.9. The number of carbonyl (C=O) groups excluding carboxylic acids is 5. The van der Waals surface area contributed by atoms with Crippen LogP contribution >= 0.6 is 74.7 Å². The molecule has 0 aromatic carbocycles. The summed E-state index contributed by atoms with van der Waals surface area (Å²) in [6.45, 7) is 26.2. The van der Waals surface area contributed by atoms with Crippen molar-refractivity contribution in [1.29, 1.82) is 0 Å². The number of nitrogen functional groups attached to an aromatic ring is 1. The zero-order chi connectivity index (χ0) is 91.6. The van der Waals surface area contributed by atoms with E-state index in [2.05, 4.69) is 91.4 Å². The number of aliphatic imine (C=N–C) groups is 5. The van der Waals surface area contributed by atoms with Crippen molar-refractivity contribution in [2.75, 3.05) is 55.8 Å². The second-order valence-electron chi connectivity index (χ2n) is 32.6. The monoisotopic (exact) mass is 1870 g/mol. The van der Waals surface area contributed by atoms with Crippen LogP contribution in [-0.2, 0) is 63.5 Å². The Morgan fingerprint density at radius 2 is 0.800 bits per heavy atom. The molecule has 13 heterocycles. The lowest BCUT2D eigenvalue weighted by Gasteiger charge is -2.31. The smallest absolute Gasteiger partial charge is 0.413 e. The SMILES string of the molecule is COc1ncc(Br)cc1[C@]1(C)CCSC(NC(=O)OC(C)(C)C)=N1.COc1ncc(CC(=O)c2cnc(C)cn2)cc1[C@]1(C)CCSC(N)=N1.COc1ncc(N)cc1[C@]1(C)CCSC(NC(=O)OC(C)(C)C)=N1.Cc1cnc(C(=O)Cc2c[nH]c(=O)c([C@]3(C)CCSC(N)=N3)c2)cn1.Cc1cnc(C(=O)Cc2cc([C@]3(C)CCSC(N)=N3)c(=O)n(C)c2)cn1. The van der Waals surface area contributed by atoms with Gasteiger partial charge < -0.3 is 56.2 Å². The predicted octanol–water partition coefficient (Wildman–Crippen LogP) is 12.4. The number of amides is 2. The Morgan fingerprint density at radius 3 is 1.21 bits per heavy atom. The molecule has 0 radical (unpaired) electrons. The van der Waals surface area contributed by atoms with Crippen LogP contribution in [0.5, 0.6) is 17.6 Å². The topological polar surface area (TPSA) is 492 Å². The van der Waals surface area contributed by atoms with Gasteiger partial charge in [0.1, 0.15) is 28.3 Å². The Labute approximate surface area is 755 Å². The molecule has 8 aromatic heterocycles. The number of pyridine rings is 5. The number of methoxy groups -OCH3 is 3. The fourth-order valence-corrected chi connectivity index (χ4v) is 18.6. The molecular weight excluding hydrogens is 1760 g/mol. The van der Waals surface area contributed by atoms with E-state index in [1.807, 2.05) is 115 Å². The molecule has 0 unspecified atom stereocenters. The third-order valence-electron chi connectivity index (χ3n) is 19.7. The average molecular weight is 1870 g/mol. The van der Waals surface area contributed by atoms with Gasteiger partial charge in [-0.05, 0) is 192 Å². The second-order valence-corrected chi connectivity index (χ2v) is 39.0. The Bertz CT molecular complexity index is 5440. The van der Waals surface area contributed by atoms with E-state index in [9.17, 15) is 33.6 Å². The number of hydrogen-bond acceptors (Lipinski definition) is 35. The highest BCUT2D eigenvalue weighted by Gasteiger charge is 2.40. The van der Waals surface area contributed by atoms with E-state index in [-0.39, 0.29) is 47.7 Å². The summed E-state index contributed by atoms with van der Waals surface area (Å²) in [6, 6.07) is 9.21. The number of aryl methyl sites for hydroxylation is 4. The van der Waals surface area contributed by atoms with E-state index < -0.39 is 51.1 Å². The number of rotatable bonds is 17. The molecule has 40 heteroatoms. The van der Waals surface area contributed by atoms with Crippen molar-refractivity contribution in [1.82, 2.24) is 65.0 Å². The van der Waals surface area contributed by atoms with Crippen molar-refractivity contribution < 1.29 is 47.7 Å². The number of hydrogen-bond donors (Lipinski definition) is 7. The zero-order valence-corrected chi connectivity index (χ0v) is 78.9. The number of anilines is 1. The number of amidine groups is 5. The quantitative estimate of drug-likeness (QED) is 0.0416. The molecule has 8 aromatic rings. The molecule has 125 heavy (non-hydrogen) atoms. The maximum absolute atomic E-state index is 12.7. The van der Waals surface area contributed by atoms with Crippen LogP contribution in [0.1, 0.15) is 201 Å². The molecular formula is C85H107BrN22O12S5. The number of nitrogens with two attached hydrogens (primary N) is 4. The van der Waals surface area contributed by atoms with Gasteiger partial charge in [0, 0.05) is 131 Å². The number of H-pyrrole nitrogens is 1. The molecule has 5 aliphatic heterocycles. The van der Waals surface area contributed by atoms with Crippen LogP contribution < -0.4 is 58.9 Å². The minimum absolute atomic E-state index is 0.109. The molecule has 0 spiro atoms. The number of nitrogens with one attached hydrogen (secondary N) is 3. The summed E-state index contributed by atoms with van der Waals surface area (Å²) in [5, 5.41) is 8.01. The van der Waals surface area contributed by atoms with Crippen LogP contribution in [0.2, 0.25) is 0 Å². The van der Waals surface area contributed by atoms with Crippen molar-refractivity contribution in [2.45, 2.75) is 187 Å². The highest BCUT2D eigenvalue weighted by Crippen LogP contribution is 2.44. The normalized spacial score (nSPS) is 20.3. The van der Waals surface area contributed by atoms with E-state index in [0.29, 0.717) is 95.8 Å².